The summed E-state index contributed by atoms with van der Waals surface area (Å²) in [6.45, 7) is 3.49. The van der Waals surface area contributed by atoms with E-state index in [1.54, 1.807) is 14.2 Å². The van der Waals surface area contributed by atoms with Gasteiger partial charge < -0.3 is 40.3 Å². The number of hydrogen-bond acceptors (Lipinski definition) is 8. The number of nitrogens with zero attached hydrogens (tertiary/aromatic N) is 3. The largest absolute Gasteiger partial charge is 0.497 e. The van der Waals surface area contributed by atoms with Crippen molar-refractivity contribution in [2.75, 3.05) is 47.4 Å². The molecule has 0 radical (unpaired) electrons. The Morgan fingerprint density at radius 2 is 1.08 bits per heavy atom. The molecule has 6 aliphatic rings. The molecule has 2 aromatic carbocycles. The van der Waals surface area contributed by atoms with Crippen LogP contribution in [0.2, 0.25) is 0 Å². The van der Waals surface area contributed by atoms with Crippen LogP contribution in [0.3, 0.4) is 0 Å². The molecule has 12 heteroatoms. The Bertz CT molecular complexity index is 2690. The summed E-state index contributed by atoms with van der Waals surface area (Å²) in [5, 5.41) is 9.84. The van der Waals surface area contributed by atoms with Crippen molar-refractivity contribution in [3.05, 3.63) is 118 Å². The van der Waals surface area contributed by atoms with Crippen LogP contribution in [-0.4, -0.2) is 95.2 Å². The van der Waals surface area contributed by atoms with Gasteiger partial charge in [0.05, 0.1) is 59.2 Å². The van der Waals surface area contributed by atoms with E-state index in [1.165, 1.54) is 16.7 Å². The minimum Gasteiger partial charge on any atom is -0.497 e. The molecule has 8 heterocycles. The minimum absolute atomic E-state index is 0.0677. The van der Waals surface area contributed by atoms with Crippen LogP contribution in [0.15, 0.2) is 73.1 Å². The summed E-state index contributed by atoms with van der Waals surface area (Å²) in [4.78, 5) is 44.8. The van der Waals surface area contributed by atoms with Gasteiger partial charge in [0.2, 0.25) is 0 Å². The molecule has 298 valence electrons. The Labute approximate surface area is 342 Å². The van der Waals surface area contributed by atoms with Crippen LogP contribution >= 0.6 is 0 Å². The molecule has 0 atom stereocenters. The molecule has 5 N–H and O–H groups in total. The molecule has 6 aromatic rings. The molecule has 4 aromatic heterocycles. The molecule has 2 fully saturated rings. The second-order valence-electron chi connectivity index (χ2n) is 17.2. The fraction of sp³-hybridized carbons (Fsp3) is 0.319. The van der Waals surface area contributed by atoms with E-state index in [0.29, 0.717) is 0 Å². The quantitative estimate of drug-likeness (QED) is 0.162. The van der Waals surface area contributed by atoms with Gasteiger partial charge in [-0.05, 0) is 116 Å². The summed E-state index contributed by atoms with van der Waals surface area (Å²) in [6.07, 6.45) is 9.26. The number of nitrogens with one attached hydrogen (secondary N) is 5. The Morgan fingerprint density at radius 1 is 0.627 bits per heavy atom. The van der Waals surface area contributed by atoms with Crippen LogP contribution in [0.25, 0.3) is 45.0 Å². The molecule has 4 aliphatic heterocycles. The second-order valence-corrected chi connectivity index (χ2v) is 17.2. The summed E-state index contributed by atoms with van der Waals surface area (Å²) in [7, 11) is 5.43. The van der Waals surface area contributed by atoms with Gasteiger partial charge in [0, 0.05) is 85.1 Å². The van der Waals surface area contributed by atoms with Gasteiger partial charge in [-0.2, -0.15) is 0 Å². The first-order valence-corrected chi connectivity index (χ1v) is 20.5. The highest BCUT2D eigenvalue weighted by Crippen LogP contribution is 2.43. The lowest BCUT2D eigenvalue weighted by Gasteiger charge is -2.50. The van der Waals surface area contributed by atoms with Gasteiger partial charge in [0.15, 0.2) is 0 Å². The second kappa shape index (κ2) is 13.4. The summed E-state index contributed by atoms with van der Waals surface area (Å²) in [5.74, 6) is 1.81. The molecule has 0 saturated carbocycles. The molecule has 2 aliphatic carbocycles. The smallest absolute Gasteiger partial charge is 0.253 e. The van der Waals surface area contributed by atoms with E-state index in [9.17, 15) is 9.59 Å². The first kappa shape index (κ1) is 35.9. The van der Waals surface area contributed by atoms with E-state index in [1.807, 2.05) is 60.9 Å². The average Bonchev–Trinajstić information content (AvgIpc) is 3.82. The summed E-state index contributed by atoms with van der Waals surface area (Å²) < 4.78 is 10.5. The molecule has 2 spiro atoms. The maximum atomic E-state index is 13.0. The molecule has 12 nitrogen and oxygen atoms in total. The van der Waals surface area contributed by atoms with Crippen LogP contribution in [0.5, 0.6) is 11.5 Å². The van der Waals surface area contributed by atoms with Crippen molar-refractivity contribution < 1.29 is 19.1 Å². The number of likely N-dealkylation sites (N-methyl/N-ethyl adjacent to an activating group) is 1. The Hall–Kier alpha value is -6.24. The first-order chi connectivity index (χ1) is 28.7. The number of ether oxygens (including phenoxy) is 2. The molecule has 2 saturated heterocycles. The van der Waals surface area contributed by atoms with Crippen LogP contribution in [0.4, 0.5) is 0 Å². The maximum absolute atomic E-state index is 13.0. The predicted octanol–water partition coefficient (Wildman–Crippen LogP) is 5.30. The first-order valence-electron chi connectivity index (χ1n) is 20.5. The number of carbonyl (C=O) groups is 2. The number of hydrogen-bond donors (Lipinski definition) is 5. The van der Waals surface area contributed by atoms with Gasteiger partial charge in [-0.1, -0.05) is 0 Å². The van der Waals surface area contributed by atoms with E-state index in [4.69, 9.17) is 19.4 Å². The standard InChI is InChI=1S/C24H24N4O2.C23H22N4O2/c1-28-12-24(13-28)10-20-21(23(29)27-24)17-8-5-15-11-25-19(9-18(15)22(17)26-20)14-3-6-16(30-2)7-4-14;1-29-15-5-2-13(3-6-15)18-8-17-14(10-25-18)4-7-16-20-19(26-21(16)17)9-23(11-24-12-23)27-22(20)28/h3-4,6-7,9,11,26H,5,8,10,12-13H2,1-2H3,(H,27,29);2-3,5-6,8,10,24,26H,4,7,9,11-12H2,1H3,(H,27,28). The van der Waals surface area contributed by atoms with Gasteiger partial charge in [-0.25, -0.2) is 0 Å². The van der Waals surface area contributed by atoms with E-state index < -0.39 is 0 Å². The number of benzene rings is 2. The summed E-state index contributed by atoms with van der Waals surface area (Å²) >= 11 is 0. The Balaban J connectivity index is 0.000000135. The lowest BCUT2D eigenvalue weighted by molar-refractivity contribution is 0.0479. The molecule has 59 heavy (non-hydrogen) atoms. The fourth-order valence-electron chi connectivity index (χ4n) is 10.3. The Morgan fingerprint density at radius 3 is 1.51 bits per heavy atom. The van der Waals surface area contributed by atoms with Crippen LogP contribution in [0.1, 0.15) is 54.4 Å². The van der Waals surface area contributed by atoms with Crippen molar-refractivity contribution in [1.82, 2.24) is 40.8 Å². The number of pyridine rings is 2. The predicted molar refractivity (Wildman–Crippen MR) is 225 cm³/mol. The zero-order valence-corrected chi connectivity index (χ0v) is 33.5. The number of methoxy groups -OCH3 is 2. The minimum atomic E-state index is -0.118. The number of rotatable bonds is 4. The summed E-state index contributed by atoms with van der Waals surface area (Å²) in [6, 6.07) is 20.2. The zero-order valence-electron chi connectivity index (χ0n) is 33.5. The third-order valence-electron chi connectivity index (χ3n) is 13.2. The van der Waals surface area contributed by atoms with Crippen molar-refractivity contribution in [3.63, 3.8) is 0 Å². The number of carbonyl (C=O) groups excluding carboxylic acids is 2. The van der Waals surface area contributed by atoms with Gasteiger partial charge in [0.1, 0.15) is 11.5 Å². The van der Waals surface area contributed by atoms with E-state index >= 15 is 0 Å². The third kappa shape index (κ3) is 5.87. The number of aryl methyl sites for hydroxylation is 2. The highest BCUT2D eigenvalue weighted by molar-refractivity contribution is 6.02. The third-order valence-corrected chi connectivity index (χ3v) is 13.2. The SMILES string of the molecule is COc1ccc(-c2cc3c(cn2)CCc2c-3[nH]c3c2C(=O)NC2(C3)CN(C)C2)cc1.COc1ccc(-c2cc3c(cn2)CCc2c-3[nH]c3c2C(=O)NC2(CNC2)C3)cc1. The molecule has 12 rings (SSSR count). The molecular weight excluding hydrogens is 741 g/mol. The lowest BCUT2D eigenvalue weighted by Crippen LogP contribution is -2.71. The number of aromatic nitrogens is 4. The highest BCUT2D eigenvalue weighted by Gasteiger charge is 2.48. The van der Waals surface area contributed by atoms with Crippen molar-refractivity contribution >= 4 is 11.8 Å². The van der Waals surface area contributed by atoms with Crippen LogP contribution in [-0.2, 0) is 38.5 Å². The van der Waals surface area contributed by atoms with E-state index in [2.05, 4.69) is 50.0 Å². The number of fused-ring (bicyclic) bond motifs is 10. The molecule has 2 amide bonds. The van der Waals surface area contributed by atoms with Gasteiger partial charge in [0.25, 0.3) is 11.8 Å². The fourth-order valence-corrected chi connectivity index (χ4v) is 10.3. The van der Waals surface area contributed by atoms with Crippen molar-refractivity contribution in [2.24, 2.45) is 0 Å². The number of likely N-dealkylation sites (tertiary alicyclic amines) is 1. The number of amides is 2. The van der Waals surface area contributed by atoms with Gasteiger partial charge in [-0.15, -0.1) is 0 Å². The van der Waals surface area contributed by atoms with Gasteiger partial charge in [-0.3, -0.25) is 19.6 Å². The lowest BCUT2D eigenvalue weighted by atomic mass is 9.80. The molecule has 0 bridgehead atoms. The monoisotopic (exact) mass is 786 g/mol. The normalized spacial score (nSPS) is 18.6. The Kier molecular flexibility index (Phi) is 8.15. The van der Waals surface area contributed by atoms with Gasteiger partial charge >= 0.3 is 0 Å². The zero-order chi connectivity index (χ0) is 40.0. The molecule has 0 unspecified atom stereocenters. The summed E-state index contributed by atoms with van der Waals surface area (Å²) in [5.41, 5.74) is 16.9. The van der Waals surface area contributed by atoms with Crippen molar-refractivity contribution in [1.29, 1.82) is 0 Å². The van der Waals surface area contributed by atoms with Crippen molar-refractivity contribution in [2.45, 2.75) is 49.6 Å². The number of H-pyrrole nitrogens is 2. The van der Waals surface area contributed by atoms with E-state index in [0.717, 1.165) is 149 Å². The van der Waals surface area contributed by atoms with E-state index in [-0.39, 0.29) is 22.9 Å². The van der Waals surface area contributed by atoms with Crippen LogP contribution < -0.4 is 25.4 Å². The maximum Gasteiger partial charge on any atom is 0.253 e. The van der Waals surface area contributed by atoms with Crippen molar-refractivity contribution in [3.8, 4) is 56.5 Å². The average molecular weight is 787 g/mol. The highest BCUT2D eigenvalue weighted by atomic mass is 16.5. The van der Waals surface area contributed by atoms with Crippen LogP contribution in [0, 0.1) is 0 Å². The topological polar surface area (TPSA) is 149 Å². The number of aromatic amines is 2. The molecular formula is C47H46N8O4.